The first-order valence-electron chi connectivity index (χ1n) is 7.71. The Morgan fingerprint density at radius 3 is 2.55 bits per heavy atom. The molecule has 1 aliphatic rings. The van der Waals surface area contributed by atoms with E-state index in [1.807, 2.05) is 25.2 Å². The Hall–Kier alpha value is -1.31. The van der Waals surface area contributed by atoms with Crippen molar-refractivity contribution in [3.05, 3.63) is 30.1 Å². The average molecular weight is 413 g/mol. The topological polar surface area (TPSA) is 59.4 Å². The van der Waals surface area contributed by atoms with Crippen molar-refractivity contribution in [2.75, 3.05) is 13.1 Å². The normalized spacial score (nSPS) is 16.4. The SMILES string of the molecule is Cn1c(CN=C(N)N2CCCCCC2)nc2ccccc21.I. The van der Waals surface area contributed by atoms with Crippen LogP contribution in [0.25, 0.3) is 11.0 Å². The zero-order valence-electron chi connectivity index (χ0n) is 13.0. The highest BCUT2D eigenvalue weighted by atomic mass is 127. The smallest absolute Gasteiger partial charge is 0.191 e. The molecule has 0 saturated carbocycles. The Kier molecular flexibility index (Phi) is 6.05. The fraction of sp³-hybridized carbons (Fsp3) is 0.500. The van der Waals surface area contributed by atoms with Crippen molar-refractivity contribution < 1.29 is 0 Å². The summed E-state index contributed by atoms with van der Waals surface area (Å²) in [5.74, 6) is 1.61. The molecular formula is C16H24IN5. The molecule has 0 radical (unpaired) electrons. The van der Waals surface area contributed by atoms with Crippen LogP contribution in [-0.4, -0.2) is 33.5 Å². The fourth-order valence-electron chi connectivity index (χ4n) is 2.89. The van der Waals surface area contributed by atoms with Gasteiger partial charge in [-0.1, -0.05) is 25.0 Å². The molecule has 0 atom stereocenters. The third kappa shape index (κ3) is 3.71. The van der Waals surface area contributed by atoms with Gasteiger partial charge in [-0.3, -0.25) is 0 Å². The summed E-state index contributed by atoms with van der Waals surface area (Å²) in [7, 11) is 2.03. The number of benzene rings is 1. The van der Waals surface area contributed by atoms with Crippen molar-refractivity contribution in [3.63, 3.8) is 0 Å². The van der Waals surface area contributed by atoms with E-state index in [9.17, 15) is 0 Å². The van der Waals surface area contributed by atoms with Crippen molar-refractivity contribution >= 4 is 41.0 Å². The van der Waals surface area contributed by atoms with Crippen molar-refractivity contribution in [1.29, 1.82) is 0 Å². The van der Waals surface area contributed by atoms with E-state index in [1.54, 1.807) is 0 Å². The van der Waals surface area contributed by atoms with Gasteiger partial charge >= 0.3 is 0 Å². The maximum absolute atomic E-state index is 6.15. The summed E-state index contributed by atoms with van der Waals surface area (Å²) in [5.41, 5.74) is 8.30. The van der Waals surface area contributed by atoms with Crippen LogP contribution in [0.3, 0.4) is 0 Å². The highest BCUT2D eigenvalue weighted by Gasteiger charge is 2.12. The molecule has 1 aromatic heterocycles. The first-order valence-corrected chi connectivity index (χ1v) is 7.71. The predicted molar refractivity (Wildman–Crippen MR) is 101 cm³/mol. The number of aliphatic imine (C=N–C) groups is 1. The first kappa shape index (κ1) is 17.1. The number of fused-ring (bicyclic) bond motifs is 1. The fourth-order valence-corrected chi connectivity index (χ4v) is 2.89. The van der Waals surface area contributed by atoms with Crippen LogP contribution in [0.4, 0.5) is 0 Å². The number of imidazole rings is 1. The number of para-hydroxylation sites is 2. The number of aryl methyl sites for hydroxylation is 1. The first-order chi connectivity index (χ1) is 10.3. The van der Waals surface area contributed by atoms with Crippen molar-refractivity contribution in [3.8, 4) is 0 Å². The van der Waals surface area contributed by atoms with Gasteiger partial charge in [0.1, 0.15) is 12.4 Å². The summed E-state index contributed by atoms with van der Waals surface area (Å²) in [6.45, 7) is 2.59. The van der Waals surface area contributed by atoms with Crippen LogP contribution in [0.1, 0.15) is 31.5 Å². The number of guanidine groups is 1. The van der Waals surface area contributed by atoms with Gasteiger partial charge in [-0.2, -0.15) is 0 Å². The van der Waals surface area contributed by atoms with Gasteiger partial charge in [0.25, 0.3) is 0 Å². The number of hydrogen-bond acceptors (Lipinski definition) is 2. The van der Waals surface area contributed by atoms with Gasteiger partial charge in [-0.25, -0.2) is 9.98 Å². The minimum absolute atomic E-state index is 0. The zero-order valence-corrected chi connectivity index (χ0v) is 15.4. The van der Waals surface area contributed by atoms with E-state index in [4.69, 9.17) is 5.73 Å². The molecule has 1 aliphatic heterocycles. The van der Waals surface area contributed by atoms with Gasteiger partial charge in [0.15, 0.2) is 5.96 Å². The number of aromatic nitrogens is 2. The Morgan fingerprint density at radius 1 is 1.18 bits per heavy atom. The minimum atomic E-state index is 0. The molecule has 120 valence electrons. The largest absolute Gasteiger partial charge is 0.370 e. The number of nitrogens with two attached hydrogens (primary N) is 1. The van der Waals surface area contributed by atoms with E-state index >= 15 is 0 Å². The molecule has 22 heavy (non-hydrogen) atoms. The summed E-state index contributed by atoms with van der Waals surface area (Å²) in [5, 5.41) is 0. The molecule has 0 aliphatic carbocycles. The van der Waals surface area contributed by atoms with Crippen LogP contribution in [0.5, 0.6) is 0 Å². The van der Waals surface area contributed by atoms with E-state index in [0.717, 1.165) is 29.9 Å². The quantitative estimate of drug-likeness (QED) is 0.468. The molecule has 0 amide bonds. The predicted octanol–water partition coefficient (Wildman–Crippen LogP) is 2.88. The third-order valence-electron chi connectivity index (χ3n) is 4.19. The van der Waals surface area contributed by atoms with E-state index in [0.29, 0.717) is 12.5 Å². The second kappa shape index (κ2) is 7.80. The molecule has 3 rings (SSSR count). The van der Waals surface area contributed by atoms with Crippen LogP contribution in [0.15, 0.2) is 29.3 Å². The lowest BCUT2D eigenvalue weighted by Crippen LogP contribution is -2.38. The lowest BCUT2D eigenvalue weighted by atomic mass is 10.2. The standard InChI is InChI=1S/C16H23N5.HI/c1-20-14-9-5-4-8-13(14)19-15(20)12-18-16(17)21-10-6-2-3-7-11-21;/h4-5,8-9H,2-3,6-7,10-12H2,1H3,(H2,17,18);1H. The molecule has 2 N–H and O–H groups in total. The lowest BCUT2D eigenvalue weighted by molar-refractivity contribution is 0.428. The van der Waals surface area contributed by atoms with Gasteiger partial charge in [0.05, 0.1) is 11.0 Å². The second-order valence-electron chi connectivity index (χ2n) is 5.65. The third-order valence-corrected chi connectivity index (χ3v) is 4.19. The Bertz CT molecular complexity index is 641. The average Bonchev–Trinajstić information content (AvgIpc) is 2.71. The molecule has 2 aromatic rings. The Morgan fingerprint density at radius 2 is 1.86 bits per heavy atom. The summed E-state index contributed by atoms with van der Waals surface area (Å²) >= 11 is 0. The molecule has 0 unspecified atom stereocenters. The molecular weight excluding hydrogens is 389 g/mol. The van der Waals surface area contributed by atoms with Crippen LogP contribution in [0.2, 0.25) is 0 Å². The lowest BCUT2D eigenvalue weighted by Gasteiger charge is -2.20. The Labute approximate surface area is 148 Å². The van der Waals surface area contributed by atoms with E-state index in [-0.39, 0.29) is 24.0 Å². The number of likely N-dealkylation sites (tertiary alicyclic amines) is 1. The van der Waals surface area contributed by atoms with E-state index in [1.165, 1.54) is 25.7 Å². The zero-order chi connectivity index (χ0) is 14.7. The maximum Gasteiger partial charge on any atom is 0.191 e. The molecule has 0 spiro atoms. The number of rotatable bonds is 2. The number of nitrogens with zero attached hydrogens (tertiary/aromatic N) is 4. The molecule has 1 aromatic carbocycles. The maximum atomic E-state index is 6.15. The van der Waals surface area contributed by atoms with Gasteiger partial charge in [-0.05, 0) is 25.0 Å². The molecule has 0 bridgehead atoms. The molecule has 1 fully saturated rings. The summed E-state index contributed by atoms with van der Waals surface area (Å²) in [6, 6.07) is 8.14. The van der Waals surface area contributed by atoms with Gasteiger partial charge in [0, 0.05) is 20.1 Å². The molecule has 5 nitrogen and oxygen atoms in total. The molecule has 2 heterocycles. The van der Waals surface area contributed by atoms with Gasteiger partial charge in [0.2, 0.25) is 0 Å². The Balaban J connectivity index is 0.00000176. The minimum Gasteiger partial charge on any atom is -0.370 e. The monoisotopic (exact) mass is 413 g/mol. The van der Waals surface area contributed by atoms with Crippen LogP contribution in [0, 0.1) is 0 Å². The van der Waals surface area contributed by atoms with Crippen molar-refractivity contribution in [1.82, 2.24) is 14.5 Å². The van der Waals surface area contributed by atoms with Crippen molar-refractivity contribution in [2.24, 2.45) is 17.8 Å². The number of hydrogen-bond donors (Lipinski definition) is 1. The molecule has 1 saturated heterocycles. The van der Waals surface area contributed by atoms with Crippen molar-refractivity contribution in [2.45, 2.75) is 32.2 Å². The van der Waals surface area contributed by atoms with Crippen LogP contribution < -0.4 is 5.73 Å². The van der Waals surface area contributed by atoms with E-state index in [2.05, 4.69) is 25.5 Å². The second-order valence-corrected chi connectivity index (χ2v) is 5.65. The summed E-state index contributed by atoms with van der Waals surface area (Å²) < 4.78 is 2.09. The van der Waals surface area contributed by atoms with Crippen LogP contribution >= 0.6 is 24.0 Å². The van der Waals surface area contributed by atoms with Crippen LogP contribution in [-0.2, 0) is 13.6 Å². The summed E-state index contributed by atoms with van der Waals surface area (Å²) in [4.78, 5) is 11.4. The van der Waals surface area contributed by atoms with Gasteiger partial charge in [-0.15, -0.1) is 24.0 Å². The van der Waals surface area contributed by atoms with Gasteiger partial charge < -0.3 is 15.2 Å². The molecule has 6 heteroatoms. The van der Waals surface area contributed by atoms with E-state index < -0.39 is 0 Å². The highest BCUT2D eigenvalue weighted by molar-refractivity contribution is 14.0. The number of halogens is 1. The summed E-state index contributed by atoms with van der Waals surface area (Å²) in [6.07, 6.45) is 5.02. The highest BCUT2D eigenvalue weighted by Crippen LogP contribution is 2.15.